The van der Waals surface area contributed by atoms with E-state index in [-0.39, 0.29) is 17.4 Å². The summed E-state index contributed by atoms with van der Waals surface area (Å²) in [6.07, 6.45) is 3.14. The van der Waals surface area contributed by atoms with E-state index >= 15 is 0 Å². The molecule has 1 atom stereocenters. The number of halogens is 2. The first-order valence-electron chi connectivity index (χ1n) is 7.81. The first-order valence-corrected chi connectivity index (χ1v) is 9.63. The summed E-state index contributed by atoms with van der Waals surface area (Å²) >= 11 is 0. The number of carbonyl (C=O) groups excluding carboxylic acids is 1. The molecule has 0 saturated carbocycles. The minimum absolute atomic E-state index is 0.0142. The van der Waals surface area contributed by atoms with Crippen LogP contribution in [0.2, 0.25) is 0 Å². The number of carbonyl (C=O) groups is 1. The maximum Gasteiger partial charge on any atom is 0.282 e. The molecule has 0 N–H and O–H groups in total. The highest BCUT2D eigenvalue weighted by molar-refractivity contribution is 7.91. The lowest BCUT2D eigenvalue weighted by molar-refractivity contribution is -0.169. The third-order valence-electron chi connectivity index (χ3n) is 4.50. The van der Waals surface area contributed by atoms with Gasteiger partial charge < -0.3 is 9.47 Å². The van der Waals surface area contributed by atoms with Gasteiger partial charge in [0.1, 0.15) is 6.04 Å². The van der Waals surface area contributed by atoms with Crippen molar-refractivity contribution in [3.05, 3.63) is 18.2 Å². The molecule has 2 aliphatic rings. The Balaban J connectivity index is 1.71. The molecule has 2 aliphatic heterocycles. The Labute approximate surface area is 139 Å². The van der Waals surface area contributed by atoms with Crippen LogP contribution in [0.25, 0.3) is 0 Å². The lowest BCUT2D eigenvalue weighted by atomic mass is 10.1. The zero-order chi connectivity index (χ0) is 17.5. The van der Waals surface area contributed by atoms with Gasteiger partial charge in [-0.2, -0.15) is 0 Å². The predicted octanol–water partition coefficient (Wildman–Crippen LogP) is 0.152. The van der Waals surface area contributed by atoms with Crippen LogP contribution in [-0.4, -0.2) is 77.3 Å². The summed E-state index contributed by atoms with van der Waals surface area (Å²) in [5.74, 6) is -3.09. The molecule has 1 aromatic heterocycles. The first-order chi connectivity index (χ1) is 11.2. The highest BCUT2D eigenvalue weighted by Crippen LogP contribution is 2.31. The fraction of sp³-hybridized carbons (Fsp3) is 0.714. The first kappa shape index (κ1) is 17.3. The van der Waals surface area contributed by atoms with Crippen molar-refractivity contribution in [2.45, 2.75) is 25.4 Å². The van der Waals surface area contributed by atoms with Crippen LogP contribution in [0.15, 0.2) is 12.5 Å². The fourth-order valence-corrected chi connectivity index (χ4v) is 3.85. The molecule has 0 bridgehead atoms. The van der Waals surface area contributed by atoms with Gasteiger partial charge in [0, 0.05) is 31.6 Å². The van der Waals surface area contributed by atoms with Gasteiger partial charge in [0.2, 0.25) is 5.91 Å². The summed E-state index contributed by atoms with van der Waals surface area (Å²) in [7, 11) is -3.10. The number of fused-ring (bicyclic) bond motifs is 1. The van der Waals surface area contributed by atoms with E-state index in [0.29, 0.717) is 19.6 Å². The van der Waals surface area contributed by atoms with E-state index < -0.39 is 34.9 Å². The molecule has 0 spiro atoms. The second-order valence-electron chi connectivity index (χ2n) is 6.33. The largest absolute Gasteiger partial charge is 0.329 e. The Kier molecular flexibility index (Phi) is 4.37. The minimum atomic E-state index is -3.10. The topological polar surface area (TPSA) is 75.5 Å². The molecule has 1 saturated heterocycles. The number of alkyl halides is 2. The van der Waals surface area contributed by atoms with Crippen molar-refractivity contribution in [1.82, 2.24) is 19.4 Å². The van der Waals surface area contributed by atoms with E-state index in [9.17, 15) is 22.0 Å². The van der Waals surface area contributed by atoms with Crippen LogP contribution < -0.4 is 0 Å². The molecule has 7 nitrogen and oxygen atoms in total. The van der Waals surface area contributed by atoms with Gasteiger partial charge in [-0.3, -0.25) is 9.69 Å². The van der Waals surface area contributed by atoms with Crippen molar-refractivity contribution in [2.75, 3.05) is 37.7 Å². The van der Waals surface area contributed by atoms with Gasteiger partial charge in [-0.05, 0) is 0 Å². The normalized spacial score (nSPS) is 23.6. The van der Waals surface area contributed by atoms with Gasteiger partial charge in [0.15, 0.2) is 9.84 Å². The molecule has 1 fully saturated rings. The zero-order valence-corrected chi connectivity index (χ0v) is 14.2. The molecule has 0 aliphatic carbocycles. The Morgan fingerprint density at radius 2 is 2.12 bits per heavy atom. The quantitative estimate of drug-likeness (QED) is 0.746. The number of hydrogen-bond acceptors (Lipinski definition) is 5. The van der Waals surface area contributed by atoms with Crippen LogP contribution in [0.3, 0.4) is 0 Å². The number of nitrogens with zero attached hydrogens (tertiary/aromatic N) is 4. The number of aromatic nitrogens is 2. The van der Waals surface area contributed by atoms with E-state index in [2.05, 4.69) is 4.98 Å². The average Bonchev–Trinajstić information content (AvgIpc) is 2.97. The molecule has 1 amide bonds. The van der Waals surface area contributed by atoms with Crippen molar-refractivity contribution in [2.24, 2.45) is 0 Å². The SMILES string of the molecule is CCS(=O)(=O)CCN1Cc2cncn2C(C(=O)N2CC(F)(F)C2)C1. The van der Waals surface area contributed by atoms with E-state index in [0.717, 1.165) is 10.6 Å². The van der Waals surface area contributed by atoms with E-state index in [1.54, 1.807) is 17.7 Å². The number of hydrogen-bond donors (Lipinski definition) is 0. The highest BCUT2D eigenvalue weighted by Gasteiger charge is 2.48. The summed E-state index contributed by atoms with van der Waals surface area (Å²) in [6, 6.07) is -0.642. The number of sulfone groups is 1. The third-order valence-corrected chi connectivity index (χ3v) is 6.18. The molecule has 24 heavy (non-hydrogen) atoms. The summed E-state index contributed by atoms with van der Waals surface area (Å²) in [4.78, 5) is 19.6. The van der Waals surface area contributed by atoms with Crippen molar-refractivity contribution in [3.63, 3.8) is 0 Å². The molecule has 1 unspecified atom stereocenters. The van der Waals surface area contributed by atoms with Crippen LogP contribution in [0.5, 0.6) is 0 Å². The highest BCUT2D eigenvalue weighted by atomic mass is 32.2. The Bertz CT molecular complexity index is 726. The van der Waals surface area contributed by atoms with Crippen molar-refractivity contribution < 1.29 is 22.0 Å². The molecule has 3 rings (SSSR count). The Morgan fingerprint density at radius 1 is 1.42 bits per heavy atom. The maximum atomic E-state index is 13.0. The number of rotatable bonds is 5. The summed E-state index contributed by atoms with van der Waals surface area (Å²) in [6.45, 7) is 1.56. The molecule has 3 heterocycles. The molecule has 0 aromatic carbocycles. The van der Waals surface area contributed by atoms with E-state index in [1.165, 1.54) is 6.33 Å². The summed E-state index contributed by atoms with van der Waals surface area (Å²) in [5.41, 5.74) is 0.779. The smallest absolute Gasteiger partial charge is 0.282 e. The van der Waals surface area contributed by atoms with Crippen LogP contribution >= 0.6 is 0 Å². The summed E-state index contributed by atoms with van der Waals surface area (Å²) in [5, 5.41) is 0. The molecule has 10 heteroatoms. The van der Waals surface area contributed by atoms with Gasteiger partial charge in [0.05, 0.1) is 30.9 Å². The van der Waals surface area contributed by atoms with Crippen LogP contribution in [0.1, 0.15) is 18.7 Å². The Morgan fingerprint density at radius 3 is 2.75 bits per heavy atom. The standard InChI is InChI=1S/C14H20F2N4O3S/c1-2-24(22,23)4-3-18-6-11-5-17-10-20(11)12(7-18)13(21)19-8-14(15,16)9-19/h5,10,12H,2-4,6-9H2,1H3. The molecule has 134 valence electrons. The van der Waals surface area contributed by atoms with Crippen molar-refractivity contribution in [3.8, 4) is 0 Å². The van der Waals surface area contributed by atoms with Gasteiger partial charge in [0.25, 0.3) is 5.92 Å². The van der Waals surface area contributed by atoms with Gasteiger partial charge in [-0.1, -0.05) is 6.92 Å². The second-order valence-corrected chi connectivity index (χ2v) is 8.80. The maximum absolute atomic E-state index is 13.0. The summed E-state index contributed by atoms with van der Waals surface area (Å²) < 4.78 is 51.1. The van der Waals surface area contributed by atoms with Gasteiger partial charge >= 0.3 is 0 Å². The van der Waals surface area contributed by atoms with Crippen LogP contribution in [0.4, 0.5) is 8.78 Å². The lowest BCUT2D eigenvalue weighted by Gasteiger charge is -2.42. The fourth-order valence-electron chi connectivity index (χ4n) is 3.02. The minimum Gasteiger partial charge on any atom is -0.329 e. The average molecular weight is 362 g/mol. The lowest BCUT2D eigenvalue weighted by Crippen LogP contribution is -2.61. The van der Waals surface area contributed by atoms with Gasteiger partial charge in [-0.25, -0.2) is 22.2 Å². The van der Waals surface area contributed by atoms with E-state index in [4.69, 9.17) is 0 Å². The van der Waals surface area contributed by atoms with Crippen LogP contribution in [-0.2, 0) is 21.2 Å². The van der Waals surface area contributed by atoms with E-state index in [1.807, 2.05) is 4.90 Å². The van der Waals surface area contributed by atoms with Crippen molar-refractivity contribution in [1.29, 1.82) is 0 Å². The number of imidazole rings is 1. The Hall–Kier alpha value is -1.55. The zero-order valence-electron chi connectivity index (χ0n) is 13.4. The molecule has 0 radical (unpaired) electrons. The van der Waals surface area contributed by atoms with Crippen molar-refractivity contribution >= 4 is 15.7 Å². The second kappa shape index (κ2) is 6.07. The molecular weight excluding hydrogens is 342 g/mol. The van der Waals surface area contributed by atoms with Crippen LogP contribution in [0, 0.1) is 0 Å². The van der Waals surface area contributed by atoms with Gasteiger partial charge in [-0.15, -0.1) is 0 Å². The number of likely N-dealkylation sites (tertiary alicyclic amines) is 1. The third kappa shape index (κ3) is 3.44. The predicted molar refractivity (Wildman–Crippen MR) is 82.4 cm³/mol. The monoisotopic (exact) mass is 362 g/mol. The number of amides is 1. The molecular formula is C14H20F2N4O3S. The molecule has 1 aromatic rings.